The van der Waals surface area contributed by atoms with Crippen molar-refractivity contribution >= 4 is 5.78 Å². The zero-order chi connectivity index (χ0) is 21.0. The maximum Gasteiger partial charge on any atom is 0.389 e. The highest BCUT2D eigenvalue weighted by Gasteiger charge is 2.25. The van der Waals surface area contributed by atoms with Gasteiger partial charge in [0.1, 0.15) is 0 Å². The lowest BCUT2D eigenvalue weighted by atomic mass is 10.0. The zero-order valence-corrected chi connectivity index (χ0v) is 17.2. The molecule has 4 heteroatoms. The van der Waals surface area contributed by atoms with Crippen molar-refractivity contribution < 1.29 is 18.0 Å². The lowest BCUT2D eigenvalue weighted by Gasteiger charge is -2.06. The summed E-state index contributed by atoms with van der Waals surface area (Å²) in [6.07, 6.45) is -1.20. The van der Waals surface area contributed by atoms with Gasteiger partial charge in [0.25, 0.3) is 0 Å². The third-order valence-corrected chi connectivity index (χ3v) is 3.21. The van der Waals surface area contributed by atoms with Crippen LogP contribution in [-0.2, 0) is 6.42 Å². The van der Waals surface area contributed by atoms with Crippen molar-refractivity contribution in [2.75, 3.05) is 0 Å². The van der Waals surface area contributed by atoms with E-state index in [-0.39, 0.29) is 25.0 Å². The molecule has 0 bridgehead atoms. The molecule has 0 aliphatic rings. The molecule has 0 N–H and O–H groups in total. The number of hydrogen-bond donors (Lipinski definition) is 0. The molecule has 0 spiro atoms. The van der Waals surface area contributed by atoms with Gasteiger partial charge in [-0.1, -0.05) is 65.3 Å². The Hall–Kier alpha value is -1.58. The molecule has 1 nitrogen and oxygen atoms in total. The Morgan fingerprint density at radius 1 is 0.923 bits per heavy atom. The molecule has 152 valence electrons. The zero-order valence-electron chi connectivity index (χ0n) is 17.2. The molecule has 0 saturated carbocycles. The second-order valence-corrected chi connectivity index (χ2v) is 5.05. The van der Waals surface area contributed by atoms with Gasteiger partial charge in [0.2, 0.25) is 0 Å². The molecule has 0 aromatic heterocycles. The topological polar surface area (TPSA) is 17.1 Å². The maximum atomic E-state index is 12.0. The maximum absolute atomic E-state index is 12.0. The number of halogens is 3. The Balaban J connectivity index is -0.000000795. The van der Waals surface area contributed by atoms with Crippen molar-refractivity contribution in [3.8, 4) is 0 Å². The van der Waals surface area contributed by atoms with Crippen molar-refractivity contribution in [1.82, 2.24) is 0 Å². The predicted molar refractivity (Wildman–Crippen MR) is 108 cm³/mol. The Bertz CT molecular complexity index is 422. The summed E-state index contributed by atoms with van der Waals surface area (Å²) in [6, 6.07) is 7.41. The second-order valence-electron chi connectivity index (χ2n) is 5.05. The third kappa shape index (κ3) is 17.2. The van der Waals surface area contributed by atoms with E-state index in [1.165, 1.54) is 5.56 Å². The van der Waals surface area contributed by atoms with Gasteiger partial charge >= 0.3 is 6.18 Å². The van der Waals surface area contributed by atoms with Crippen LogP contribution in [0.5, 0.6) is 0 Å². The number of ketones is 1. The number of carbonyl (C=O) groups is 1. The molecule has 26 heavy (non-hydrogen) atoms. The minimum Gasteiger partial charge on any atom is -0.294 e. The molecule has 0 heterocycles. The molecule has 0 saturated heterocycles. The molecule has 0 fully saturated rings. The van der Waals surface area contributed by atoms with Crippen LogP contribution < -0.4 is 0 Å². The Kier molecular flexibility index (Phi) is 22.2. The number of benzene rings is 1. The summed E-state index contributed by atoms with van der Waals surface area (Å²) in [6.45, 7) is 16.1. The first-order chi connectivity index (χ1) is 12.4. The van der Waals surface area contributed by atoms with Crippen LogP contribution in [0, 0.1) is 0 Å². The van der Waals surface area contributed by atoms with Gasteiger partial charge < -0.3 is 0 Å². The molecule has 0 aliphatic carbocycles. The van der Waals surface area contributed by atoms with E-state index >= 15 is 0 Å². The Morgan fingerprint density at radius 3 is 1.85 bits per heavy atom. The van der Waals surface area contributed by atoms with E-state index in [9.17, 15) is 18.0 Å². The van der Waals surface area contributed by atoms with Crippen LogP contribution in [0.1, 0.15) is 89.1 Å². The van der Waals surface area contributed by atoms with Crippen molar-refractivity contribution in [1.29, 1.82) is 0 Å². The molecule has 0 atom stereocenters. The lowest BCUT2D eigenvalue weighted by Crippen LogP contribution is -2.07. The minimum atomic E-state index is -4.12. The monoisotopic (exact) mass is 374 g/mol. The molecular weight excluding hydrogens is 337 g/mol. The van der Waals surface area contributed by atoms with Gasteiger partial charge in [0.05, 0.1) is 0 Å². The average molecular weight is 375 g/mol. The van der Waals surface area contributed by atoms with E-state index in [1.807, 2.05) is 39.8 Å². The van der Waals surface area contributed by atoms with Gasteiger partial charge in [-0.2, -0.15) is 13.2 Å². The van der Waals surface area contributed by atoms with E-state index in [0.29, 0.717) is 5.56 Å². The largest absolute Gasteiger partial charge is 0.389 e. The second kappa shape index (κ2) is 19.7. The van der Waals surface area contributed by atoms with E-state index in [1.54, 1.807) is 12.1 Å². The van der Waals surface area contributed by atoms with E-state index in [4.69, 9.17) is 0 Å². The molecule has 1 aromatic carbocycles. The first-order valence-corrected chi connectivity index (χ1v) is 9.61. The molecule has 1 rings (SSSR count). The number of rotatable bonds is 8. The van der Waals surface area contributed by atoms with E-state index < -0.39 is 12.6 Å². The first kappa shape index (κ1) is 29.2. The highest BCUT2D eigenvalue weighted by molar-refractivity contribution is 5.96. The predicted octanol–water partition coefficient (Wildman–Crippen LogP) is 8.19. The van der Waals surface area contributed by atoms with Crippen molar-refractivity contribution in [2.45, 2.75) is 85.7 Å². The van der Waals surface area contributed by atoms with Crippen LogP contribution in [0.2, 0.25) is 0 Å². The molecule has 0 aliphatic heterocycles. The Labute approximate surface area is 158 Å². The smallest absolute Gasteiger partial charge is 0.294 e. The molecule has 1 aromatic rings. The van der Waals surface area contributed by atoms with Gasteiger partial charge in [-0.05, 0) is 31.2 Å². The third-order valence-electron chi connectivity index (χ3n) is 3.21. The molecule has 0 unspecified atom stereocenters. The fourth-order valence-corrected chi connectivity index (χ4v) is 1.99. The number of carbonyl (C=O) groups excluding carboxylic acids is 1. The van der Waals surface area contributed by atoms with Gasteiger partial charge in [0.15, 0.2) is 5.78 Å². The van der Waals surface area contributed by atoms with Gasteiger partial charge in [-0.3, -0.25) is 4.79 Å². The van der Waals surface area contributed by atoms with Crippen LogP contribution in [-0.4, -0.2) is 12.0 Å². The Morgan fingerprint density at radius 2 is 1.42 bits per heavy atom. The average Bonchev–Trinajstić information content (AvgIpc) is 2.68. The first-order valence-electron chi connectivity index (χ1n) is 9.61. The lowest BCUT2D eigenvalue weighted by molar-refractivity contribution is -0.135. The highest BCUT2D eigenvalue weighted by atomic mass is 19.4. The van der Waals surface area contributed by atoms with E-state index in [2.05, 4.69) is 20.1 Å². The number of aryl methyl sites for hydroxylation is 1. The summed E-state index contributed by atoms with van der Waals surface area (Å²) in [4.78, 5) is 11.8. The van der Waals surface area contributed by atoms with Crippen LogP contribution in [0.3, 0.4) is 0 Å². The number of Topliss-reactive ketones (excluding diaryl/α,β-unsaturated/α-hetero) is 1. The summed E-state index contributed by atoms with van der Waals surface area (Å²) in [5, 5.41) is 0. The van der Waals surface area contributed by atoms with Crippen molar-refractivity contribution in [2.24, 2.45) is 0 Å². The quantitative estimate of drug-likeness (QED) is 0.255. The normalized spacial score (nSPS) is 9.54. The van der Waals surface area contributed by atoms with Crippen LogP contribution >= 0.6 is 0 Å². The van der Waals surface area contributed by atoms with E-state index in [0.717, 1.165) is 19.3 Å². The SMILES string of the molecule is C=C.CC.CC.CCCCc1ccc(C(=O)CCCCC(F)(F)F)cc1. The van der Waals surface area contributed by atoms with Gasteiger partial charge in [-0.25, -0.2) is 0 Å². The highest BCUT2D eigenvalue weighted by Crippen LogP contribution is 2.23. The summed E-state index contributed by atoms with van der Waals surface area (Å²) in [7, 11) is 0. The van der Waals surface area contributed by atoms with Crippen molar-refractivity contribution in [3.05, 3.63) is 48.6 Å². The standard InChI is InChI=1S/C16H21F3O.2C2H6.C2H4/c1-2-3-6-13-8-10-14(11-9-13)15(20)7-4-5-12-16(17,18)19;3*1-2/h8-11H,2-7,12H2,1H3;2*1-2H3;1-2H2. The van der Waals surface area contributed by atoms with Crippen LogP contribution in [0.15, 0.2) is 37.4 Å². The fraction of sp³-hybridized carbons (Fsp3) is 0.591. The summed E-state index contributed by atoms with van der Waals surface area (Å²) in [5.41, 5.74) is 1.79. The summed E-state index contributed by atoms with van der Waals surface area (Å²) >= 11 is 0. The van der Waals surface area contributed by atoms with Gasteiger partial charge in [-0.15, -0.1) is 13.2 Å². The van der Waals surface area contributed by atoms with Crippen molar-refractivity contribution in [3.63, 3.8) is 0 Å². The summed E-state index contributed by atoms with van der Waals surface area (Å²) < 4.78 is 35.9. The molecule has 0 radical (unpaired) electrons. The van der Waals surface area contributed by atoms with Gasteiger partial charge in [0, 0.05) is 18.4 Å². The number of unbranched alkanes of at least 4 members (excludes halogenated alkanes) is 2. The summed E-state index contributed by atoms with van der Waals surface area (Å²) in [5.74, 6) is -0.0748. The number of alkyl halides is 3. The minimum absolute atomic E-state index is 0.0177. The molecular formula is C22H37F3O. The fourth-order valence-electron chi connectivity index (χ4n) is 1.99. The van der Waals surface area contributed by atoms with Crippen LogP contribution in [0.4, 0.5) is 13.2 Å². The molecule has 0 amide bonds. The number of hydrogen-bond acceptors (Lipinski definition) is 1. The van der Waals surface area contributed by atoms with Crippen LogP contribution in [0.25, 0.3) is 0 Å².